The van der Waals surface area contributed by atoms with E-state index in [0.717, 1.165) is 6.42 Å². The van der Waals surface area contributed by atoms with Crippen LogP contribution in [0.15, 0.2) is 12.2 Å². The Labute approximate surface area is 84.5 Å². The van der Waals surface area contributed by atoms with Gasteiger partial charge in [-0.15, -0.1) is 0 Å². The van der Waals surface area contributed by atoms with Gasteiger partial charge in [-0.05, 0) is 6.42 Å². The predicted molar refractivity (Wildman–Crippen MR) is 52.8 cm³/mol. The lowest BCUT2D eigenvalue weighted by Crippen LogP contribution is -2.27. The van der Waals surface area contributed by atoms with Crippen molar-refractivity contribution in [2.75, 3.05) is 20.8 Å². The van der Waals surface area contributed by atoms with Crippen LogP contribution in [0, 0.1) is 5.92 Å². The van der Waals surface area contributed by atoms with Crippen molar-refractivity contribution in [2.24, 2.45) is 5.92 Å². The number of carbonyl (C=O) groups excluding carboxylic acids is 1. The van der Waals surface area contributed by atoms with Crippen molar-refractivity contribution in [1.82, 2.24) is 0 Å². The Kier molecular flexibility index (Phi) is 7.06. The summed E-state index contributed by atoms with van der Waals surface area (Å²) in [6.45, 7) is 2.39. The highest BCUT2D eigenvalue weighted by molar-refractivity contribution is 5.74. The van der Waals surface area contributed by atoms with E-state index in [1.54, 1.807) is 20.1 Å². The van der Waals surface area contributed by atoms with Crippen LogP contribution in [0.2, 0.25) is 0 Å². The summed E-state index contributed by atoms with van der Waals surface area (Å²) in [7, 11) is 2.88. The van der Waals surface area contributed by atoms with Gasteiger partial charge in [0.2, 0.25) is 0 Å². The molecule has 0 aliphatic carbocycles. The summed E-state index contributed by atoms with van der Waals surface area (Å²) in [6.07, 6.45) is 3.34. The summed E-state index contributed by atoms with van der Waals surface area (Å²) in [6, 6.07) is 0. The summed E-state index contributed by atoms with van der Waals surface area (Å²) in [5, 5.41) is 9.39. The fraction of sp³-hybridized carbons (Fsp3) is 0.700. The van der Waals surface area contributed by atoms with E-state index >= 15 is 0 Å². The van der Waals surface area contributed by atoms with Crippen LogP contribution in [0.1, 0.15) is 13.3 Å². The standard InChI is InChI=1S/C10H18O4/c1-8(6-4-5-7-13-2)9(11)10(12)14-3/h4,6,8-9,11H,5,7H2,1-3H3/b6-4+/t8-,9-/m1/s1. The van der Waals surface area contributed by atoms with E-state index in [2.05, 4.69) is 4.74 Å². The van der Waals surface area contributed by atoms with E-state index in [0.29, 0.717) is 6.61 Å². The van der Waals surface area contributed by atoms with Gasteiger partial charge >= 0.3 is 5.97 Å². The fourth-order valence-corrected chi connectivity index (χ4v) is 0.937. The molecule has 0 aliphatic heterocycles. The molecule has 0 aromatic heterocycles. The highest BCUT2D eigenvalue weighted by Gasteiger charge is 2.20. The van der Waals surface area contributed by atoms with Crippen molar-refractivity contribution >= 4 is 5.97 Å². The minimum atomic E-state index is -1.08. The Bertz CT molecular complexity index is 189. The maximum Gasteiger partial charge on any atom is 0.335 e. The second-order valence-corrected chi connectivity index (χ2v) is 3.04. The Balaban J connectivity index is 3.87. The molecule has 1 N–H and O–H groups in total. The summed E-state index contributed by atoms with van der Waals surface area (Å²) in [4.78, 5) is 10.9. The van der Waals surface area contributed by atoms with Gasteiger partial charge in [-0.25, -0.2) is 4.79 Å². The highest BCUT2D eigenvalue weighted by atomic mass is 16.5. The van der Waals surface area contributed by atoms with Crippen LogP contribution in [-0.4, -0.2) is 38.0 Å². The smallest absolute Gasteiger partial charge is 0.335 e. The molecule has 14 heavy (non-hydrogen) atoms. The Hall–Kier alpha value is -0.870. The van der Waals surface area contributed by atoms with E-state index in [4.69, 9.17) is 4.74 Å². The van der Waals surface area contributed by atoms with Crippen molar-refractivity contribution in [3.63, 3.8) is 0 Å². The van der Waals surface area contributed by atoms with E-state index in [-0.39, 0.29) is 5.92 Å². The molecule has 0 radical (unpaired) electrons. The first-order valence-corrected chi connectivity index (χ1v) is 4.55. The number of hydrogen-bond acceptors (Lipinski definition) is 4. The molecule has 0 saturated carbocycles. The van der Waals surface area contributed by atoms with Crippen molar-refractivity contribution < 1.29 is 19.4 Å². The predicted octanol–water partition coefficient (Wildman–Crippen LogP) is 0.749. The average molecular weight is 202 g/mol. The number of methoxy groups -OCH3 is 2. The lowest BCUT2D eigenvalue weighted by molar-refractivity contribution is -0.152. The summed E-state index contributed by atoms with van der Waals surface area (Å²) in [5.74, 6) is -0.840. The van der Waals surface area contributed by atoms with Crippen LogP contribution in [0.25, 0.3) is 0 Å². The highest BCUT2D eigenvalue weighted by Crippen LogP contribution is 2.06. The number of rotatable bonds is 6. The Morgan fingerprint density at radius 3 is 2.64 bits per heavy atom. The molecule has 0 amide bonds. The largest absolute Gasteiger partial charge is 0.467 e. The van der Waals surface area contributed by atoms with Crippen LogP contribution >= 0.6 is 0 Å². The number of aliphatic hydroxyl groups is 1. The fourth-order valence-electron chi connectivity index (χ4n) is 0.937. The van der Waals surface area contributed by atoms with E-state index < -0.39 is 12.1 Å². The van der Waals surface area contributed by atoms with Gasteiger partial charge in [0.1, 0.15) is 0 Å². The molecule has 82 valence electrons. The van der Waals surface area contributed by atoms with Gasteiger partial charge in [0.25, 0.3) is 0 Å². The molecule has 4 heteroatoms. The van der Waals surface area contributed by atoms with Crippen molar-refractivity contribution in [3.8, 4) is 0 Å². The number of aliphatic hydroxyl groups excluding tert-OH is 1. The molecule has 0 heterocycles. The molecule has 0 bridgehead atoms. The SMILES string of the molecule is COCC/C=C/[C@@H](C)[C@@H](O)C(=O)OC. The third-order valence-corrected chi connectivity index (χ3v) is 1.87. The van der Waals surface area contributed by atoms with Gasteiger partial charge in [-0.2, -0.15) is 0 Å². The topological polar surface area (TPSA) is 55.8 Å². The van der Waals surface area contributed by atoms with Gasteiger partial charge in [0.05, 0.1) is 7.11 Å². The molecule has 0 unspecified atom stereocenters. The minimum Gasteiger partial charge on any atom is -0.467 e. The zero-order chi connectivity index (χ0) is 11.0. The molecular weight excluding hydrogens is 184 g/mol. The van der Waals surface area contributed by atoms with Crippen LogP contribution in [0.3, 0.4) is 0 Å². The van der Waals surface area contributed by atoms with Gasteiger partial charge < -0.3 is 14.6 Å². The number of hydrogen-bond donors (Lipinski definition) is 1. The third-order valence-electron chi connectivity index (χ3n) is 1.87. The normalized spacial score (nSPS) is 15.4. The number of carbonyl (C=O) groups is 1. The number of esters is 1. The third kappa shape index (κ3) is 4.99. The van der Waals surface area contributed by atoms with Gasteiger partial charge in [0, 0.05) is 19.6 Å². The first-order valence-electron chi connectivity index (χ1n) is 4.55. The van der Waals surface area contributed by atoms with Gasteiger partial charge in [-0.3, -0.25) is 0 Å². The molecule has 0 aliphatic rings. The maximum absolute atomic E-state index is 10.9. The Morgan fingerprint density at radius 1 is 1.50 bits per heavy atom. The van der Waals surface area contributed by atoms with Crippen molar-refractivity contribution in [1.29, 1.82) is 0 Å². The van der Waals surface area contributed by atoms with E-state index in [9.17, 15) is 9.90 Å². The zero-order valence-corrected chi connectivity index (χ0v) is 8.90. The lowest BCUT2D eigenvalue weighted by Gasteiger charge is -2.12. The molecule has 2 atom stereocenters. The van der Waals surface area contributed by atoms with Gasteiger partial charge in [0.15, 0.2) is 6.10 Å². The molecule has 0 spiro atoms. The van der Waals surface area contributed by atoms with Crippen molar-refractivity contribution in [3.05, 3.63) is 12.2 Å². The molecule has 0 saturated heterocycles. The van der Waals surface area contributed by atoms with Crippen LogP contribution in [0.5, 0.6) is 0 Å². The zero-order valence-electron chi connectivity index (χ0n) is 8.90. The summed E-state index contributed by atoms with van der Waals surface area (Å²) >= 11 is 0. The molecule has 4 nitrogen and oxygen atoms in total. The van der Waals surface area contributed by atoms with Crippen LogP contribution in [0.4, 0.5) is 0 Å². The quantitative estimate of drug-likeness (QED) is 0.392. The molecule has 0 aromatic carbocycles. The van der Waals surface area contributed by atoms with E-state index in [1.165, 1.54) is 7.11 Å². The lowest BCUT2D eigenvalue weighted by atomic mass is 10.0. The van der Waals surface area contributed by atoms with Gasteiger partial charge in [-0.1, -0.05) is 19.1 Å². The van der Waals surface area contributed by atoms with Crippen LogP contribution in [-0.2, 0) is 14.3 Å². The maximum atomic E-state index is 10.9. The van der Waals surface area contributed by atoms with Crippen molar-refractivity contribution in [2.45, 2.75) is 19.4 Å². The number of ether oxygens (including phenoxy) is 2. The first-order chi connectivity index (χ1) is 6.63. The summed E-state index contributed by atoms with van der Waals surface area (Å²) < 4.78 is 9.26. The molecular formula is C10H18O4. The summed E-state index contributed by atoms with van der Waals surface area (Å²) in [5.41, 5.74) is 0. The molecule has 0 aromatic rings. The molecule has 0 rings (SSSR count). The van der Waals surface area contributed by atoms with Crippen LogP contribution < -0.4 is 0 Å². The van der Waals surface area contributed by atoms with E-state index in [1.807, 2.05) is 6.08 Å². The molecule has 0 fully saturated rings. The second kappa shape index (κ2) is 7.53. The average Bonchev–Trinajstić information content (AvgIpc) is 2.21. The Morgan fingerprint density at radius 2 is 2.14 bits per heavy atom. The monoisotopic (exact) mass is 202 g/mol. The minimum absolute atomic E-state index is 0.237. The first kappa shape index (κ1) is 13.1. The second-order valence-electron chi connectivity index (χ2n) is 3.04.